The van der Waals surface area contributed by atoms with E-state index in [1.807, 2.05) is 31.2 Å². The number of hydrogen-bond acceptors (Lipinski definition) is 6. The van der Waals surface area contributed by atoms with Crippen LogP contribution >= 0.6 is 0 Å². The number of hydrogen-bond donors (Lipinski definition) is 1. The number of carbonyl (C=O) groups excluding carboxylic acids is 1. The zero-order valence-corrected chi connectivity index (χ0v) is 14.5. The van der Waals surface area contributed by atoms with Crippen LogP contribution in [0.3, 0.4) is 0 Å². The van der Waals surface area contributed by atoms with Crippen LogP contribution in [0.25, 0.3) is 0 Å². The molecular formula is C18H23N3O4. The van der Waals surface area contributed by atoms with Gasteiger partial charge in [0.15, 0.2) is 18.1 Å². The summed E-state index contributed by atoms with van der Waals surface area (Å²) in [6.45, 7) is 3.53. The molecule has 2 heterocycles. The molecular weight excluding hydrogens is 322 g/mol. The number of aryl methyl sites for hydroxylation is 1. The summed E-state index contributed by atoms with van der Waals surface area (Å²) in [5, 5.41) is 4.17. The molecule has 7 nitrogen and oxygen atoms in total. The lowest BCUT2D eigenvalue weighted by Crippen LogP contribution is -2.23. The third-order valence-electron chi connectivity index (χ3n) is 4.33. The van der Waals surface area contributed by atoms with Crippen LogP contribution in [0.5, 0.6) is 11.5 Å². The van der Waals surface area contributed by atoms with Crippen molar-refractivity contribution in [3.05, 3.63) is 41.3 Å². The summed E-state index contributed by atoms with van der Waals surface area (Å²) < 4.78 is 16.0. The van der Waals surface area contributed by atoms with Gasteiger partial charge < -0.3 is 19.7 Å². The van der Waals surface area contributed by atoms with Gasteiger partial charge in [0.25, 0.3) is 5.91 Å². The molecule has 1 aliphatic rings. The summed E-state index contributed by atoms with van der Waals surface area (Å²) in [6.07, 6.45) is 2.20. The number of aromatic nitrogens is 1. The summed E-state index contributed by atoms with van der Waals surface area (Å²) >= 11 is 0. The first kappa shape index (κ1) is 17.3. The number of rotatable bonds is 7. The second kappa shape index (κ2) is 7.57. The first-order chi connectivity index (χ1) is 12.1. The standard InChI is InChI=1S/C18H23N3O4/c1-12-8-14(20-25-12)15-4-3-7-21(15)10-13-5-6-16(17(9-13)23-2)24-11-18(19)22/h5-6,8-9,15H,3-4,7,10-11H2,1-2H3,(H2,19,22). The summed E-state index contributed by atoms with van der Waals surface area (Å²) in [6, 6.07) is 7.99. The first-order valence-corrected chi connectivity index (χ1v) is 8.32. The van der Waals surface area contributed by atoms with E-state index in [-0.39, 0.29) is 12.6 Å². The Morgan fingerprint density at radius 3 is 2.92 bits per heavy atom. The molecule has 0 bridgehead atoms. The molecule has 0 radical (unpaired) electrons. The fraction of sp³-hybridized carbons (Fsp3) is 0.444. The molecule has 1 amide bonds. The van der Waals surface area contributed by atoms with Gasteiger partial charge in [-0.15, -0.1) is 0 Å². The molecule has 25 heavy (non-hydrogen) atoms. The molecule has 1 unspecified atom stereocenters. The summed E-state index contributed by atoms with van der Waals surface area (Å²) in [4.78, 5) is 13.3. The first-order valence-electron chi connectivity index (χ1n) is 8.32. The highest BCUT2D eigenvalue weighted by Crippen LogP contribution is 2.34. The Balaban J connectivity index is 1.72. The number of amides is 1. The van der Waals surface area contributed by atoms with Crippen molar-refractivity contribution >= 4 is 5.91 Å². The number of carbonyl (C=O) groups is 1. The highest BCUT2D eigenvalue weighted by molar-refractivity contribution is 5.75. The van der Waals surface area contributed by atoms with Gasteiger partial charge in [0.05, 0.1) is 13.2 Å². The molecule has 0 aliphatic carbocycles. The second-order valence-electron chi connectivity index (χ2n) is 6.23. The Kier molecular flexibility index (Phi) is 5.23. The lowest BCUT2D eigenvalue weighted by atomic mass is 10.1. The number of benzene rings is 1. The Morgan fingerprint density at radius 2 is 2.24 bits per heavy atom. The van der Waals surface area contributed by atoms with Gasteiger partial charge in [-0.2, -0.15) is 0 Å². The van der Waals surface area contributed by atoms with Crippen molar-refractivity contribution in [2.24, 2.45) is 5.73 Å². The van der Waals surface area contributed by atoms with E-state index in [1.54, 1.807) is 7.11 Å². The number of primary amides is 1. The van der Waals surface area contributed by atoms with Crippen LogP contribution in [0.2, 0.25) is 0 Å². The van der Waals surface area contributed by atoms with Gasteiger partial charge in [0.1, 0.15) is 11.5 Å². The monoisotopic (exact) mass is 345 g/mol. The van der Waals surface area contributed by atoms with Crippen LogP contribution in [0.1, 0.15) is 35.9 Å². The molecule has 1 aromatic carbocycles. The molecule has 0 spiro atoms. The predicted molar refractivity (Wildman–Crippen MR) is 91.3 cm³/mol. The van der Waals surface area contributed by atoms with E-state index < -0.39 is 5.91 Å². The van der Waals surface area contributed by atoms with Crippen molar-refractivity contribution in [1.29, 1.82) is 0 Å². The van der Waals surface area contributed by atoms with Crippen LogP contribution in [-0.2, 0) is 11.3 Å². The summed E-state index contributed by atoms with van der Waals surface area (Å²) in [5.74, 6) is 1.41. The molecule has 1 fully saturated rings. The van der Waals surface area contributed by atoms with E-state index in [4.69, 9.17) is 19.7 Å². The van der Waals surface area contributed by atoms with Crippen molar-refractivity contribution < 1.29 is 18.8 Å². The van der Waals surface area contributed by atoms with E-state index >= 15 is 0 Å². The Bertz CT molecular complexity index is 744. The largest absolute Gasteiger partial charge is 0.493 e. The van der Waals surface area contributed by atoms with Crippen molar-refractivity contribution in [2.75, 3.05) is 20.3 Å². The number of nitrogens with two attached hydrogens (primary N) is 1. The summed E-state index contributed by atoms with van der Waals surface area (Å²) in [5.41, 5.74) is 7.21. The van der Waals surface area contributed by atoms with Gasteiger partial charge in [-0.25, -0.2) is 0 Å². The highest BCUT2D eigenvalue weighted by atomic mass is 16.5. The van der Waals surface area contributed by atoms with Gasteiger partial charge in [0.2, 0.25) is 0 Å². The minimum atomic E-state index is -0.519. The minimum Gasteiger partial charge on any atom is -0.493 e. The lowest BCUT2D eigenvalue weighted by molar-refractivity contribution is -0.119. The molecule has 2 aromatic rings. The van der Waals surface area contributed by atoms with Crippen molar-refractivity contribution in [3.63, 3.8) is 0 Å². The Hall–Kier alpha value is -2.54. The topological polar surface area (TPSA) is 90.8 Å². The smallest absolute Gasteiger partial charge is 0.255 e. The molecule has 2 N–H and O–H groups in total. The fourth-order valence-electron chi connectivity index (χ4n) is 3.21. The van der Waals surface area contributed by atoms with Crippen molar-refractivity contribution in [2.45, 2.75) is 32.4 Å². The van der Waals surface area contributed by atoms with Crippen LogP contribution in [-0.4, -0.2) is 36.2 Å². The van der Waals surface area contributed by atoms with E-state index in [0.717, 1.165) is 42.9 Å². The van der Waals surface area contributed by atoms with Gasteiger partial charge in [-0.05, 0) is 44.0 Å². The molecule has 3 rings (SSSR count). The van der Waals surface area contributed by atoms with E-state index in [2.05, 4.69) is 10.1 Å². The second-order valence-corrected chi connectivity index (χ2v) is 6.23. The maximum absolute atomic E-state index is 10.9. The van der Waals surface area contributed by atoms with Crippen molar-refractivity contribution in [1.82, 2.24) is 10.1 Å². The minimum absolute atomic E-state index is 0.171. The normalized spacial score (nSPS) is 17.6. The molecule has 0 saturated carbocycles. The molecule has 1 saturated heterocycles. The third kappa shape index (κ3) is 4.11. The van der Waals surface area contributed by atoms with Crippen LogP contribution in [0.4, 0.5) is 0 Å². The quantitative estimate of drug-likeness (QED) is 0.827. The molecule has 134 valence electrons. The lowest BCUT2D eigenvalue weighted by Gasteiger charge is -2.23. The Labute approximate surface area is 146 Å². The highest BCUT2D eigenvalue weighted by Gasteiger charge is 2.28. The molecule has 1 atom stereocenters. The predicted octanol–water partition coefficient (Wildman–Crippen LogP) is 2.19. The number of methoxy groups -OCH3 is 1. The van der Waals surface area contributed by atoms with Crippen molar-refractivity contribution in [3.8, 4) is 11.5 Å². The molecule has 7 heteroatoms. The average Bonchev–Trinajstić information content (AvgIpc) is 3.22. The van der Waals surface area contributed by atoms with Gasteiger partial charge in [-0.3, -0.25) is 9.69 Å². The van der Waals surface area contributed by atoms with Crippen LogP contribution < -0.4 is 15.2 Å². The van der Waals surface area contributed by atoms with Gasteiger partial charge in [0, 0.05) is 12.6 Å². The fourth-order valence-corrected chi connectivity index (χ4v) is 3.21. The van der Waals surface area contributed by atoms with Gasteiger partial charge in [-0.1, -0.05) is 11.2 Å². The van der Waals surface area contributed by atoms with Gasteiger partial charge >= 0.3 is 0 Å². The number of nitrogens with zero attached hydrogens (tertiary/aromatic N) is 2. The van der Waals surface area contributed by atoms with Crippen LogP contribution in [0, 0.1) is 6.92 Å². The maximum Gasteiger partial charge on any atom is 0.255 e. The summed E-state index contributed by atoms with van der Waals surface area (Å²) in [7, 11) is 1.58. The van der Waals surface area contributed by atoms with E-state index in [0.29, 0.717) is 11.5 Å². The molecule has 1 aromatic heterocycles. The third-order valence-corrected chi connectivity index (χ3v) is 4.33. The number of ether oxygens (including phenoxy) is 2. The maximum atomic E-state index is 10.9. The zero-order chi connectivity index (χ0) is 17.8. The Morgan fingerprint density at radius 1 is 1.40 bits per heavy atom. The van der Waals surface area contributed by atoms with E-state index in [9.17, 15) is 4.79 Å². The van der Waals surface area contributed by atoms with E-state index in [1.165, 1.54) is 0 Å². The average molecular weight is 345 g/mol. The zero-order valence-electron chi connectivity index (χ0n) is 14.5. The number of likely N-dealkylation sites (tertiary alicyclic amines) is 1. The SMILES string of the molecule is COc1cc(CN2CCCC2c2cc(C)on2)ccc1OCC(N)=O. The van der Waals surface area contributed by atoms with Crippen LogP contribution in [0.15, 0.2) is 28.8 Å². The molecule has 1 aliphatic heterocycles.